The van der Waals surface area contributed by atoms with E-state index < -0.39 is 43.7 Å². The van der Waals surface area contributed by atoms with E-state index >= 15 is 0 Å². The lowest BCUT2D eigenvalue weighted by atomic mass is 9.66. The van der Waals surface area contributed by atoms with Crippen molar-refractivity contribution in [2.24, 2.45) is 23.7 Å². The van der Waals surface area contributed by atoms with Crippen molar-refractivity contribution < 1.29 is 9.59 Å². The van der Waals surface area contributed by atoms with E-state index in [1.807, 2.05) is 0 Å². The monoisotopic (exact) mass is 419 g/mol. The van der Waals surface area contributed by atoms with E-state index in [1.54, 1.807) is 12.2 Å². The third-order valence-corrected chi connectivity index (χ3v) is 9.49. The predicted octanol–water partition coefficient (Wildman–Crippen LogP) is 3.52. The van der Waals surface area contributed by atoms with Gasteiger partial charge in [-0.05, 0) is 0 Å². The first-order chi connectivity index (χ1) is 10.1. The SMILES string of the molecule is O=C1NC(=O)C2C1C=CC1C2C2(Cl)C(Cl)=C(Cl)C1(Cl)C2(Cl)Cl. The molecule has 1 saturated heterocycles. The van der Waals surface area contributed by atoms with Gasteiger partial charge in [0.2, 0.25) is 11.8 Å². The molecule has 6 unspecified atom stereocenters. The minimum Gasteiger partial charge on any atom is -0.296 e. The van der Waals surface area contributed by atoms with Gasteiger partial charge in [0, 0.05) is 11.8 Å². The Morgan fingerprint density at radius 1 is 0.909 bits per heavy atom. The van der Waals surface area contributed by atoms with E-state index in [9.17, 15) is 9.59 Å². The molecular formula is C13H7Cl6NO2. The maximum Gasteiger partial charge on any atom is 0.234 e. The van der Waals surface area contributed by atoms with Crippen molar-refractivity contribution in [3.05, 3.63) is 22.2 Å². The predicted molar refractivity (Wildman–Crippen MR) is 86.6 cm³/mol. The molecular weight excluding hydrogens is 415 g/mol. The molecule has 9 heteroatoms. The van der Waals surface area contributed by atoms with E-state index in [2.05, 4.69) is 5.32 Å². The number of rotatable bonds is 0. The van der Waals surface area contributed by atoms with Crippen LogP contribution in [-0.4, -0.2) is 25.9 Å². The molecule has 1 aliphatic heterocycles. The Kier molecular flexibility index (Phi) is 3.10. The second-order valence-corrected chi connectivity index (χ2v) is 9.24. The van der Waals surface area contributed by atoms with Crippen LogP contribution in [0.4, 0.5) is 0 Å². The van der Waals surface area contributed by atoms with Crippen LogP contribution in [0.5, 0.6) is 0 Å². The molecule has 118 valence electrons. The molecule has 2 bridgehead atoms. The zero-order valence-electron chi connectivity index (χ0n) is 10.5. The second-order valence-electron chi connectivity index (χ2n) is 5.97. The molecule has 4 aliphatic rings. The Balaban J connectivity index is 1.99. The van der Waals surface area contributed by atoms with Crippen LogP contribution in [0.25, 0.3) is 0 Å². The molecule has 3 nitrogen and oxygen atoms in total. The number of allylic oxidation sites excluding steroid dienone is 3. The maximum atomic E-state index is 12.2. The highest BCUT2D eigenvalue weighted by molar-refractivity contribution is 6.65. The largest absolute Gasteiger partial charge is 0.296 e. The van der Waals surface area contributed by atoms with Crippen LogP contribution < -0.4 is 5.32 Å². The summed E-state index contributed by atoms with van der Waals surface area (Å²) in [4.78, 5) is 21.2. The van der Waals surface area contributed by atoms with Crippen molar-refractivity contribution >= 4 is 81.4 Å². The summed E-state index contributed by atoms with van der Waals surface area (Å²) in [5.41, 5.74) is 0. The molecule has 4 rings (SSSR count). The summed E-state index contributed by atoms with van der Waals surface area (Å²) < 4.78 is -1.71. The molecule has 1 heterocycles. The minimum atomic E-state index is -1.71. The smallest absolute Gasteiger partial charge is 0.234 e. The first-order valence-corrected chi connectivity index (χ1v) is 8.71. The highest BCUT2D eigenvalue weighted by atomic mass is 35.5. The van der Waals surface area contributed by atoms with Crippen LogP contribution in [0, 0.1) is 23.7 Å². The van der Waals surface area contributed by atoms with Crippen molar-refractivity contribution in [2.45, 2.75) is 14.1 Å². The molecule has 2 fully saturated rings. The number of carbonyl (C=O) groups excluding carboxylic acids is 2. The summed E-state index contributed by atoms with van der Waals surface area (Å²) in [6, 6.07) is 0. The standard InChI is InChI=1S/C13H7Cl6NO2/c14-7-8(15)12(17)6-4(11(7,16)13(12,18)19)2-1-3-5(6)10(22)20-9(3)21/h1-6H,(H,20,21,22). The lowest BCUT2D eigenvalue weighted by Crippen LogP contribution is -2.47. The van der Waals surface area contributed by atoms with Crippen LogP contribution in [0.2, 0.25) is 0 Å². The van der Waals surface area contributed by atoms with Gasteiger partial charge in [0.1, 0.15) is 9.75 Å². The molecule has 3 aliphatic carbocycles. The molecule has 1 saturated carbocycles. The zero-order chi connectivity index (χ0) is 16.2. The van der Waals surface area contributed by atoms with Crippen molar-refractivity contribution in [3.63, 3.8) is 0 Å². The van der Waals surface area contributed by atoms with E-state index in [-0.39, 0.29) is 16.0 Å². The van der Waals surface area contributed by atoms with E-state index in [4.69, 9.17) is 69.6 Å². The first kappa shape index (κ1) is 15.9. The first-order valence-electron chi connectivity index (χ1n) is 6.45. The summed E-state index contributed by atoms with van der Waals surface area (Å²) in [7, 11) is 0. The number of fused-ring (bicyclic) bond motifs is 7. The molecule has 0 aromatic rings. The van der Waals surface area contributed by atoms with Gasteiger partial charge in [0.05, 0.1) is 21.9 Å². The fourth-order valence-electron chi connectivity index (χ4n) is 4.24. The van der Waals surface area contributed by atoms with Gasteiger partial charge in [0.25, 0.3) is 0 Å². The topological polar surface area (TPSA) is 46.2 Å². The molecule has 0 aromatic carbocycles. The summed E-state index contributed by atoms with van der Waals surface area (Å²) in [6.45, 7) is 0. The minimum absolute atomic E-state index is 0.0401. The Bertz CT molecular complexity index is 703. The van der Waals surface area contributed by atoms with Gasteiger partial charge >= 0.3 is 0 Å². The molecule has 0 radical (unpaired) electrons. The van der Waals surface area contributed by atoms with Crippen molar-refractivity contribution in [1.29, 1.82) is 0 Å². The maximum absolute atomic E-state index is 12.2. The van der Waals surface area contributed by atoms with Crippen molar-refractivity contribution in [1.82, 2.24) is 5.32 Å². The van der Waals surface area contributed by atoms with Gasteiger partial charge in [-0.1, -0.05) is 58.6 Å². The summed E-state index contributed by atoms with van der Waals surface area (Å²) >= 11 is 38.9. The number of hydrogen-bond acceptors (Lipinski definition) is 2. The molecule has 6 atom stereocenters. The van der Waals surface area contributed by atoms with Crippen LogP contribution in [0.3, 0.4) is 0 Å². The van der Waals surface area contributed by atoms with Gasteiger partial charge in [-0.2, -0.15) is 0 Å². The third-order valence-electron chi connectivity index (χ3n) is 5.20. The van der Waals surface area contributed by atoms with Crippen LogP contribution in [-0.2, 0) is 9.59 Å². The number of amides is 2. The van der Waals surface area contributed by atoms with Crippen molar-refractivity contribution in [2.75, 3.05) is 0 Å². The highest BCUT2D eigenvalue weighted by Gasteiger charge is 2.84. The summed E-state index contributed by atoms with van der Waals surface area (Å²) in [5, 5.41) is 2.43. The molecule has 0 aromatic heterocycles. The van der Waals surface area contributed by atoms with Crippen LogP contribution in [0.1, 0.15) is 0 Å². The quantitative estimate of drug-likeness (QED) is 0.369. The summed E-state index contributed by atoms with van der Waals surface area (Å²) in [6.07, 6.45) is 3.35. The van der Waals surface area contributed by atoms with Gasteiger partial charge in [-0.25, -0.2) is 0 Å². The number of halogens is 6. The number of imide groups is 1. The number of alkyl halides is 4. The summed E-state index contributed by atoms with van der Waals surface area (Å²) in [5.74, 6) is -3.29. The average Bonchev–Trinajstić information content (AvgIpc) is 2.86. The van der Waals surface area contributed by atoms with E-state index in [0.29, 0.717) is 0 Å². The van der Waals surface area contributed by atoms with Crippen LogP contribution in [0.15, 0.2) is 22.2 Å². The van der Waals surface area contributed by atoms with Gasteiger partial charge < -0.3 is 0 Å². The molecule has 2 amide bonds. The fraction of sp³-hybridized carbons (Fsp3) is 0.538. The molecule has 0 spiro atoms. The van der Waals surface area contributed by atoms with Gasteiger partial charge in [0.15, 0.2) is 4.33 Å². The van der Waals surface area contributed by atoms with Crippen LogP contribution >= 0.6 is 69.6 Å². The number of hydrogen-bond donors (Lipinski definition) is 1. The third kappa shape index (κ3) is 1.34. The zero-order valence-corrected chi connectivity index (χ0v) is 15.1. The molecule has 22 heavy (non-hydrogen) atoms. The Labute approximate surface area is 155 Å². The Morgan fingerprint density at radius 2 is 1.50 bits per heavy atom. The van der Waals surface area contributed by atoms with Crippen molar-refractivity contribution in [3.8, 4) is 0 Å². The highest BCUT2D eigenvalue weighted by Crippen LogP contribution is 2.78. The lowest BCUT2D eigenvalue weighted by Gasteiger charge is -2.41. The number of carbonyl (C=O) groups is 2. The fourth-order valence-corrected chi connectivity index (χ4v) is 7.26. The second kappa shape index (κ2) is 4.30. The van der Waals surface area contributed by atoms with Gasteiger partial charge in [-0.3, -0.25) is 14.9 Å². The number of nitrogens with one attached hydrogen (secondary N) is 1. The van der Waals surface area contributed by atoms with E-state index in [0.717, 1.165) is 0 Å². The molecule has 1 N–H and O–H groups in total. The Hall–Kier alpha value is 0.360. The Morgan fingerprint density at radius 3 is 2.14 bits per heavy atom. The lowest BCUT2D eigenvalue weighted by molar-refractivity contribution is -0.126. The van der Waals surface area contributed by atoms with E-state index in [1.165, 1.54) is 0 Å². The normalized spacial score (nSPS) is 51.2. The average molecular weight is 422 g/mol. The van der Waals surface area contributed by atoms with Gasteiger partial charge in [-0.15, -0.1) is 23.2 Å².